The smallest absolute Gasteiger partial charge is 0.161 e. The van der Waals surface area contributed by atoms with Gasteiger partial charge in [0.2, 0.25) is 0 Å². The third kappa shape index (κ3) is 3.45. The van der Waals surface area contributed by atoms with Crippen molar-refractivity contribution in [2.24, 2.45) is 5.73 Å². The van der Waals surface area contributed by atoms with Crippen LogP contribution in [0.25, 0.3) is 0 Å². The van der Waals surface area contributed by atoms with Crippen molar-refractivity contribution in [1.82, 2.24) is 0 Å². The summed E-state index contributed by atoms with van der Waals surface area (Å²) in [6, 6.07) is 5.74. The zero-order chi connectivity index (χ0) is 14.4. The Bertz CT molecular complexity index is 471. The highest BCUT2D eigenvalue weighted by Crippen LogP contribution is 2.33. The first-order valence-corrected chi connectivity index (χ1v) is 7.22. The summed E-state index contributed by atoms with van der Waals surface area (Å²) in [5.74, 6) is 1.51. The summed E-state index contributed by atoms with van der Waals surface area (Å²) in [6.07, 6.45) is 3.80. The van der Waals surface area contributed by atoms with E-state index in [0.29, 0.717) is 13.2 Å². The van der Waals surface area contributed by atoms with Crippen LogP contribution in [0.5, 0.6) is 11.5 Å². The van der Waals surface area contributed by atoms with Crippen LogP contribution in [0, 0.1) is 0 Å². The zero-order valence-corrected chi connectivity index (χ0v) is 12.2. The maximum absolute atomic E-state index is 6.31. The van der Waals surface area contributed by atoms with Gasteiger partial charge in [0, 0.05) is 0 Å². The van der Waals surface area contributed by atoms with Gasteiger partial charge in [-0.15, -0.1) is 0 Å². The Labute approximate surface area is 120 Å². The van der Waals surface area contributed by atoms with E-state index in [9.17, 15) is 0 Å². The zero-order valence-electron chi connectivity index (χ0n) is 12.2. The van der Waals surface area contributed by atoms with Crippen molar-refractivity contribution in [3.8, 4) is 11.5 Å². The third-order valence-electron chi connectivity index (χ3n) is 3.29. The van der Waals surface area contributed by atoms with Crippen LogP contribution in [0.4, 0.5) is 0 Å². The van der Waals surface area contributed by atoms with Gasteiger partial charge in [-0.2, -0.15) is 0 Å². The summed E-state index contributed by atoms with van der Waals surface area (Å²) in [7, 11) is 0. The Balaban J connectivity index is 2.22. The van der Waals surface area contributed by atoms with Crippen molar-refractivity contribution in [3.05, 3.63) is 35.6 Å². The summed E-state index contributed by atoms with van der Waals surface area (Å²) in [6.45, 7) is 5.91. The van der Waals surface area contributed by atoms with Crippen molar-refractivity contribution < 1.29 is 14.2 Å². The molecule has 1 aliphatic rings. The van der Waals surface area contributed by atoms with Gasteiger partial charge in [-0.1, -0.05) is 6.07 Å². The molecule has 1 atom stereocenters. The monoisotopic (exact) mass is 277 g/mol. The van der Waals surface area contributed by atoms with Crippen LogP contribution >= 0.6 is 0 Å². The van der Waals surface area contributed by atoms with E-state index in [1.165, 1.54) is 0 Å². The Morgan fingerprint density at radius 2 is 1.95 bits per heavy atom. The van der Waals surface area contributed by atoms with Crippen LogP contribution in [0.3, 0.4) is 0 Å². The molecular weight excluding hydrogens is 254 g/mol. The maximum atomic E-state index is 6.31. The fourth-order valence-corrected chi connectivity index (χ4v) is 2.29. The minimum atomic E-state index is -0.148. The van der Waals surface area contributed by atoms with Crippen LogP contribution in [0.15, 0.2) is 30.0 Å². The molecule has 1 unspecified atom stereocenters. The Morgan fingerprint density at radius 3 is 2.60 bits per heavy atom. The Morgan fingerprint density at radius 1 is 1.20 bits per heavy atom. The first-order chi connectivity index (χ1) is 9.76. The van der Waals surface area contributed by atoms with Gasteiger partial charge < -0.3 is 19.9 Å². The van der Waals surface area contributed by atoms with Crippen molar-refractivity contribution >= 4 is 0 Å². The predicted octanol–water partition coefficient (Wildman–Crippen LogP) is 3.18. The molecule has 20 heavy (non-hydrogen) atoms. The molecule has 1 aromatic carbocycles. The van der Waals surface area contributed by atoms with E-state index in [4.69, 9.17) is 19.9 Å². The van der Waals surface area contributed by atoms with Gasteiger partial charge in [-0.3, -0.25) is 0 Å². The van der Waals surface area contributed by atoms with Crippen molar-refractivity contribution in [3.63, 3.8) is 0 Å². The molecule has 0 aliphatic carbocycles. The molecule has 0 spiro atoms. The van der Waals surface area contributed by atoms with E-state index in [-0.39, 0.29) is 6.04 Å². The van der Waals surface area contributed by atoms with E-state index in [0.717, 1.165) is 42.1 Å². The maximum Gasteiger partial charge on any atom is 0.161 e. The van der Waals surface area contributed by atoms with Crippen molar-refractivity contribution in [2.75, 3.05) is 19.8 Å². The summed E-state index contributed by atoms with van der Waals surface area (Å²) in [5, 5.41) is 0. The van der Waals surface area contributed by atoms with Crippen LogP contribution < -0.4 is 15.2 Å². The molecule has 0 fully saturated rings. The lowest BCUT2D eigenvalue weighted by Crippen LogP contribution is -2.16. The first-order valence-electron chi connectivity index (χ1n) is 7.22. The van der Waals surface area contributed by atoms with Gasteiger partial charge in [0.25, 0.3) is 0 Å². The summed E-state index contributed by atoms with van der Waals surface area (Å²) in [5.41, 5.74) is 8.46. The molecule has 0 saturated heterocycles. The van der Waals surface area contributed by atoms with E-state index >= 15 is 0 Å². The highest BCUT2D eigenvalue weighted by Gasteiger charge is 2.17. The molecule has 0 amide bonds. The average molecular weight is 277 g/mol. The minimum absolute atomic E-state index is 0.148. The molecule has 0 aromatic heterocycles. The molecule has 4 nitrogen and oxygen atoms in total. The largest absolute Gasteiger partial charge is 0.501 e. The molecule has 0 saturated carbocycles. The molecule has 2 rings (SSSR count). The standard InChI is InChI=1S/C16H23NO3/c1-3-19-14-8-7-12(10-15(14)20-4-2)16(17)13-6-5-9-18-11-13/h7-8,10-11,16H,3-6,9,17H2,1-2H3. The number of ether oxygens (including phenoxy) is 3. The lowest BCUT2D eigenvalue weighted by atomic mass is 9.96. The molecule has 0 radical (unpaired) electrons. The Hall–Kier alpha value is -1.68. The van der Waals surface area contributed by atoms with Gasteiger partial charge in [-0.05, 0) is 50.0 Å². The quantitative estimate of drug-likeness (QED) is 0.867. The third-order valence-corrected chi connectivity index (χ3v) is 3.29. The highest BCUT2D eigenvalue weighted by atomic mass is 16.5. The van der Waals surface area contributed by atoms with Crippen molar-refractivity contribution in [1.29, 1.82) is 0 Å². The normalized spacial score (nSPS) is 16.1. The van der Waals surface area contributed by atoms with Gasteiger partial charge in [0.05, 0.1) is 32.1 Å². The molecule has 110 valence electrons. The van der Waals surface area contributed by atoms with Crippen LogP contribution in [-0.2, 0) is 4.74 Å². The minimum Gasteiger partial charge on any atom is -0.501 e. The van der Waals surface area contributed by atoms with Crippen LogP contribution in [0.2, 0.25) is 0 Å². The molecule has 1 aromatic rings. The van der Waals surface area contributed by atoms with Crippen molar-refractivity contribution in [2.45, 2.75) is 32.7 Å². The molecule has 2 N–H and O–H groups in total. The summed E-state index contributed by atoms with van der Waals surface area (Å²) >= 11 is 0. The second kappa shape index (κ2) is 7.20. The summed E-state index contributed by atoms with van der Waals surface area (Å²) < 4.78 is 16.6. The molecular formula is C16H23NO3. The number of nitrogens with two attached hydrogens (primary N) is 1. The highest BCUT2D eigenvalue weighted by molar-refractivity contribution is 5.45. The molecule has 4 heteroatoms. The lowest BCUT2D eigenvalue weighted by molar-refractivity contribution is 0.221. The Kier molecular flexibility index (Phi) is 5.30. The predicted molar refractivity (Wildman–Crippen MR) is 79.0 cm³/mol. The molecule has 1 aliphatic heterocycles. The van der Waals surface area contributed by atoms with E-state index in [1.807, 2.05) is 32.0 Å². The van der Waals surface area contributed by atoms with E-state index in [2.05, 4.69) is 0 Å². The second-order valence-electron chi connectivity index (χ2n) is 4.72. The van der Waals surface area contributed by atoms with Gasteiger partial charge in [0.15, 0.2) is 11.5 Å². The molecule has 0 bridgehead atoms. The van der Waals surface area contributed by atoms with Crippen LogP contribution in [-0.4, -0.2) is 19.8 Å². The second-order valence-corrected chi connectivity index (χ2v) is 4.72. The van der Waals surface area contributed by atoms with Gasteiger partial charge in [0.1, 0.15) is 0 Å². The fraction of sp³-hybridized carbons (Fsp3) is 0.500. The van der Waals surface area contributed by atoms with E-state index in [1.54, 1.807) is 6.26 Å². The molecule has 1 heterocycles. The average Bonchev–Trinajstić information content (AvgIpc) is 2.50. The fourth-order valence-electron chi connectivity index (χ4n) is 2.29. The number of hydrogen-bond donors (Lipinski definition) is 1. The topological polar surface area (TPSA) is 53.7 Å². The van der Waals surface area contributed by atoms with Gasteiger partial charge in [-0.25, -0.2) is 0 Å². The van der Waals surface area contributed by atoms with E-state index < -0.39 is 0 Å². The SMILES string of the molecule is CCOc1ccc(C(N)C2=COCCC2)cc1OCC. The lowest BCUT2D eigenvalue weighted by Gasteiger charge is -2.21. The number of rotatable bonds is 6. The summed E-state index contributed by atoms with van der Waals surface area (Å²) in [4.78, 5) is 0. The number of benzene rings is 1. The number of hydrogen-bond acceptors (Lipinski definition) is 4. The van der Waals surface area contributed by atoms with Gasteiger partial charge >= 0.3 is 0 Å². The van der Waals surface area contributed by atoms with Crippen LogP contribution in [0.1, 0.15) is 38.3 Å². The first kappa shape index (κ1) is 14.7.